The number of hydrogen-bond donors (Lipinski definition) is 2. The van der Waals surface area contributed by atoms with Crippen LogP contribution in [0.2, 0.25) is 0 Å². The van der Waals surface area contributed by atoms with Crippen molar-refractivity contribution in [2.45, 2.75) is 59.2 Å². The number of likely N-dealkylation sites (tertiary alicyclic amines) is 1. The smallest absolute Gasteiger partial charge is 0.410 e. The maximum absolute atomic E-state index is 12.4. The molecule has 148 valence electrons. The number of nitrogens with zero attached hydrogens (tertiary/aromatic N) is 1. The van der Waals surface area contributed by atoms with Gasteiger partial charge in [0.05, 0.1) is 5.92 Å². The van der Waals surface area contributed by atoms with Crippen LogP contribution in [0.15, 0.2) is 0 Å². The van der Waals surface area contributed by atoms with Gasteiger partial charge in [-0.15, -0.1) is 0 Å². The number of rotatable bonds is 4. The van der Waals surface area contributed by atoms with Gasteiger partial charge in [-0.2, -0.15) is 0 Å². The number of ether oxygens (including phenoxy) is 2. The molecule has 0 saturated carbocycles. The molecule has 1 heterocycles. The monoisotopic (exact) mass is 371 g/mol. The summed E-state index contributed by atoms with van der Waals surface area (Å²) in [6.07, 6.45) is -0.676. The zero-order valence-corrected chi connectivity index (χ0v) is 16.0. The first kappa shape index (κ1) is 21.7. The van der Waals surface area contributed by atoms with Gasteiger partial charge in [-0.25, -0.2) is 9.59 Å². The first-order valence-corrected chi connectivity index (χ1v) is 8.69. The molecule has 4 amide bonds. The average molecular weight is 371 g/mol. The van der Waals surface area contributed by atoms with Gasteiger partial charge in [0.2, 0.25) is 0 Å². The van der Waals surface area contributed by atoms with E-state index in [4.69, 9.17) is 15.2 Å². The molecule has 9 heteroatoms. The van der Waals surface area contributed by atoms with Crippen molar-refractivity contribution in [2.75, 3.05) is 13.1 Å². The van der Waals surface area contributed by atoms with Crippen LogP contribution in [0.4, 0.5) is 9.59 Å². The summed E-state index contributed by atoms with van der Waals surface area (Å²) in [6.45, 7) is 9.50. The standard InChI is InChI=1S/C17H29N3O6/c1-10(2)12(13(21)19-15(18)23)25-14(22)11-6-8-20(9-7-11)16(24)26-17(3,4)5/h10-12H,6-9H2,1-5H3,(H3,18,19,21,23)/t12-/m1/s1. The lowest BCUT2D eigenvalue weighted by molar-refractivity contribution is -0.163. The van der Waals surface area contributed by atoms with Gasteiger partial charge in [0.1, 0.15) is 5.60 Å². The topological polar surface area (TPSA) is 128 Å². The summed E-state index contributed by atoms with van der Waals surface area (Å²) in [6, 6.07) is -0.998. The van der Waals surface area contributed by atoms with Crippen LogP contribution >= 0.6 is 0 Å². The predicted molar refractivity (Wildman–Crippen MR) is 93.0 cm³/mol. The molecule has 0 aromatic rings. The molecule has 1 fully saturated rings. The Hall–Kier alpha value is -2.32. The van der Waals surface area contributed by atoms with Gasteiger partial charge in [-0.1, -0.05) is 13.8 Å². The molecule has 0 unspecified atom stereocenters. The van der Waals surface area contributed by atoms with Crippen LogP contribution in [0, 0.1) is 11.8 Å². The van der Waals surface area contributed by atoms with Gasteiger partial charge in [-0.3, -0.25) is 14.9 Å². The maximum Gasteiger partial charge on any atom is 0.410 e. The first-order valence-electron chi connectivity index (χ1n) is 8.69. The fourth-order valence-corrected chi connectivity index (χ4v) is 2.53. The predicted octanol–water partition coefficient (Wildman–Crippen LogP) is 1.40. The molecule has 26 heavy (non-hydrogen) atoms. The molecule has 0 aliphatic carbocycles. The average Bonchev–Trinajstić information content (AvgIpc) is 2.49. The Kier molecular flexibility index (Phi) is 7.41. The molecule has 1 aliphatic heterocycles. The molecule has 9 nitrogen and oxygen atoms in total. The second-order valence-corrected chi connectivity index (χ2v) is 7.70. The van der Waals surface area contributed by atoms with E-state index in [2.05, 4.69) is 0 Å². The second-order valence-electron chi connectivity index (χ2n) is 7.70. The largest absolute Gasteiger partial charge is 0.452 e. The lowest BCUT2D eigenvalue weighted by Crippen LogP contribution is -2.47. The lowest BCUT2D eigenvalue weighted by Gasteiger charge is -2.33. The van der Waals surface area contributed by atoms with Gasteiger partial charge in [-0.05, 0) is 39.5 Å². The van der Waals surface area contributed by atoms with Crippen molar-refractivity contribution in [1.29, 1.82) is 0 Å². The zero-order valence-electron chi connectivity index (χ0n) is 16.0. The molecular formula is C17H29N3O6. The van der Waals surface area contributed by atoms with Crippen LogP contribution in [-0.2, 0) is 19.1 Å². The Labute approximate surface area is 153 Å². The SMILES string of the molecule is CC(C)[C@@H](OC(=O)C1CCN(C(=O)OC(C)(C)C)CC1)C(=O)NC(N)=O. The van der Waals surface area contributed by atoms with Crippen molar-refractivity contribution in [3.8, 4) is 0 Å². The Morgan fingerprint density at radius 3 is 2.08 bits per heavy atom. The van der Waals surface area contributed by atoms with E-state index in [0.29, 0.717) is 25.9 Å². The molecule has 1 saturated heterocycles. The van der Waals surface area contributed by atoms with E-state index < -0.39 is 41.6 Å². The Morgan fingerprint density at radius 2 is 1.65 bits per heavy atom. The molecule has 3 N–H and O–H groups in total. The van der Waals surface area contributed by atoms with Crippen LogP contribution in [0.25, 0.3) is 0 Å². The van der Waals surface area contributed by atoms with E-state index in [1.54, 1.807) is 39.5 Å². The van der Waals surface area contributed by atoms with Crippen LogP contribution in [0.1, 0.15) is 47.5 Å². The number of primary amides is 1. The summed E-state index contributed by atoms with van der Waals surface area (Å²) < 4.78 is 10.6. The van der Waals surface area contributed by atoms with Gasteiger partial charge in [0.15, 0.2) is 6.10 Å². The molecule has 0 spiro atoms. The summed E-state index contributed by atoms with van der Waals surface area (Å²) >= 11 is 0. The summed E-state index contributed by atoms with van der Waals surface area (Å²) in [5.41, 5.74) is 4.35. The lowest BCUT2D eigenvalue weighted by atomic mass is 9.97. The summed E-state index contributed by atoms with van der Waals surface area (Å²) in [5, 5.41) is 1.93. The van der Waals surface area contributed by atoms with Crippen LogP contribution in [0.3, 0.4) is 0 Å². The molecular weight excluding hydrogens is 342 g/mol. The molecule has 1 atom stereocenters. The quantitative estimate of drug-likeness (QED) is 0.719. The number of nitrogens with two attached hydrogens (primary N) is 1. The van der Waals surface area contributed by atoms with Crippen molar-refractivity contribution in [2.24, 2.45) is 17.6 Å². The Balaban J connectivity index is 2.58. The Morgan fingerprint density at radius 1 is 1.12 bits per heavy atom. The highest BCUT2D eigenvalue weighted by Gasteiger charge is 2.34. The molecule has 0 bridgehead atoms. The fourth-order valence-electron chi connectivity index (χ4n) is 2.53. The summed E-state index contributed by atoms with van der Waals surface area (Å²) in [4.78, 5) is 48.7. The normalized spacial score (nSPS) is 16.8. The number of amides is 4. The van der Waals surface area contributed by atoms with Crippen LogP contribution in [-0.4, -0.2) is 53.7 Å². The third-order valence-corrected chi connectivity index (χ3v) is 3.83. The summed E-state index contributed by atoms with van der Waals surface area (Å²) in [7, 11) is 0. The van der Waals surface area contributed by atoms with Gasteiger partial charge >= 0.3 is 18.1 Å². The zero-order chi connectivity index (χ0) is 20.1. The number of imide groups is 1. The van der Waals surface area contributed by atoms with E-state index in [-0.39, 0.29) is 5.92 Å². The molecule has 0 aromatic heterocycles. The highest BCUT2D eigenvalue weighted by Crippen LogP contribution is 2.22. The van der Waals surface area contributed by atoms with E-state index in [9.17, 15) is 19.2 Å². The number of urea groups is 1. The van der Waals surface area contributed by atoms with E-state index in [1.807, 2.05) is 5.32 Å². The van der Waals surface area contributed by atoms with E-state index >= 15 is 0 Å². The molecule has 1 rings (SSSR count). The van der Waals surface area contributed by atoms with Crippen molar-refractivity contribution in [1.82, 2.24) is 10.2 Å². The number of carbonyl (C=O) groups excluding carboxylic acids is 4. The minimum Gasteiger partial charge on any atom is -0.452 e. The van der Waals surface area contributed by atoms with Crippen molar-refractivity contribution < 1.29 is 28.7 Å². The van der Waals surface area contributed by atoms with E-state index in [1.165, 1.54) is 0 Å². The van der Waals surface area contributed by atoms with Crippen molar-refractivity contribution in [3.63, 3.8) is 0 Å². The number of esters is 1. The fraction of sp³-hybridized carbons (Fsp3) is 0.765. The molecule has 0 radical (unpaired) electrons. The number of carbonyl (C=O) groups is 4. The minimum atomic E-state index is -1.10. The number of nitrogens with one attached hydrogen (secondary N) is 1. The number of piperidine rings is 1. The molecule has 0 aromatic carbocycles. The third-order valence-electron chi connectivity index (χ3n) is 3.83. The third kappa shape index (κ3) is 6.89. The van der Waals surface area contributed by atoms with E-state index in [0.717, 1.165) is 0 Å². The van der Waals surface area contributed by atoms with Gasteiger partial charge in [0.25, 0.3) is 5.91 Å². The van der Waals surface area contributed by atoms with Gasteiger partial charge in [0, 0.05) is 13.1 Å². The van der Waals surface area contributed by atoms with Gasteiger partial charge < -0.3 is 20.1 Å². The summed E-state index contributed by atoms with van der Waals surface area (Å²) in [5.74, 6) is -2.00. The molecule has 1 aliphatic rings. The minimum absolute atomic E-state index is 0.319. The second kappa shape index (κ2) is 8.86. The highest BCUT2D eigenvalue weighted by atomic mass is 16.6. The Bertz CT molecular complexity index is 547. The maximum atomic E-state index is 12.4. The highest BCUT2D eigenvalue weighted by molar-refractivity contribution is 5.96. The van der Waals surface area contributed by atoms with Crippen molar-refractivity contribution >= 4 is 24.0 Å². The van der Waals surface area contributed by atoms with Crippen LogP contribution in [0.5, 0.6) is 0 Å². The van der Waals surface area contributed by atoms with Crippen molar-refractivity contribution in [3.05, 3.63) is 0 Å². The first-order chi connectivity index (χ1) is 11.9. The number of hydrogen-bond acceptors (Lipinski definition) is 6. The van der Waals surface area contributed by atoms with Crippen LogP contribution < -0.4 is 11.1 Å².